The molecule has 6 nitrogen and oxygen atoms in total. The number of carbonyl (C=O) groups is 1. The highest BCUT2D eigenvalue weighted by atomic mass is 35.5. The summed E-state index contributed by atoms with van der Waals surface area (Å²) in [7, 11) is -3.92. The Morgan fingerprint density at radius 2 is 1.82 bits per heavy atom. The van der Waals surface area contributed by atoms with Crippen LogP contribution in [0.4, 0.5) is 4.39 Å². The van der Waals surface area contributed by atoms with Gasteiger partial charge in [0, 0.05) is 11.6 Å². The number of hydrazone groups is 1. The Morgan fingerprint density at radius 3 is 2.42 bits per heavy atom. The van der Waals surface area contributed by atoms with Crippen LogP contribution >= 0.6 is 11.6 Å². The van der Waals surface area contributed by atoms with Crippen molar-refractivity contribution in [3.63, 3.8) is 0 Å². The van der Waals surface area contributed by atoms with Crippen molar-refractivity contribution in [3.05, 3.63) is 63.4 Å². The lowest BCUT2D eigenvalue weighted by Crippen LogP contribution is -2.46. The van der Waals surface area contributed by atoms with Gasteiger partial charge < -0.3 is 0 Å². The SMILES string of the molecule is Cc1cc(C)c(S(=O)(=O)N(CC(=O)NN=Cc2c(F)cccc2Cl)C2CCCCC2)c(C)c1. The van der Waals surface area contributed by atoms with Gasteiger partial charge in [0.2, 0.25) is 10.0 Å². The highest BCUT2D eigenvalue weighted by Gasteiger charge is 2.35. The zero-order valence-electron chi connectivity index (χ0n) is 19.1. The van der Waals surface area contributed by atoms with Crippen LogP contribution in [0, 0.1) is 26.6 Å². The molecule has 9 heteroatoms. The lowest BCUT2D eigenvalue weighted by Gasteiger charge is -2.33. The Hall–Kier alpha value is -2.29. The minimum absolute atomic E-state index is 0.0436. The molecule has 0 bridgehead atoms. The van der Waals surface area contributed by atoms with Gasteiger partial charge in [-0.05, 0) is 56.9 Å². The van der Waals surface area contributed by atoms with Crippen molar-refractivity contribution in [1.29, 1.82) is 0 Å². The summed E-state index contributed by atoms with van der Waals surface area (Å²) in [6, 6.07) is 7.62. The van der Waals surface area contributed by atoms with E-state index >= 15 is 0 Å². The van der Waals surface area contributed by atoms with Crippen molar-refractivity contribution in [3.8, 4) is 0 Å². The second kappa shape index (κ2) is 10.8. The maximum Gasteiger partial charge on any atom is 0.255 e. The topological polar surface area (TPSA) is 78.8 Å². The van der Waals surface area contributed by atoms with Gasteiger partial charge >= 0.3 is 0 Å². The van der Waals surface area contributed by atoms with Crippen molar-refractivity contribution in [1.82, 2.24) is 9.73 Å². The normalized spacial score (nSPS) is 15.3. The van der Waals surface area contributed by atoms with Crippen LogP contribution in [0.2, 0.25) is 5.02 Å². The molecule has 1 N–H and O–H groups in total. The molecule has 2 aromatic carbocycles. The number of carbonyl (C=O) groups excluding carboxylic acids is 1. The second-order valence-corrected chi connectivity index (χ2v) is 10.7. The third-order valence-electron chi connectivity index (χ3n) is 5.84. The summed E-state index contributed by atoms with van der Waals surface area (Å²) in [5.41, 5.74) is 4.65. The molecule has 1 aliphatic rings. The molecule has 1 saturated carbocycles. The highest BCUT2D eigenvalue weighted by molar-refractivity contribution is 7.89. The lowest BCUT2D eigenvalue weighted by molar-refractivity contribution is -0.121. The van der Waals surface area contributed by atoms with E-state index in [0.29, 0.717) is 24.0 Å². The molecule has 0 aromatic heterocycles. The molecule has 0 radical (unpaired) electrons. The fraction of sp³-hybridized carbons (Fsp3) is 0.417. The number of benzene rings is 2. The highest BCUT2D eigenvalue weighted by Crippen LogP contribution is 2.31. The third kappa shape index (κ3) is 5.99. The van der Waals surface area contributed by atoms with Crippen LogP contribution in [0.5, 0.6) is 0 Å². The quantitative estimate of drug-likeness (QED) is 0.441. The van der Waals surface area contributed by atoms with E-state index < -0.39 is 21.7 Å². The van der Waals surface area contributed by atoms with Gasteiger partial charge in [-0.25, -0.2) is 18.2 Å². The summed E-state index contributed by atoms with van der Waals surface area (Å²) in [6.45, 7) is 5.09. The minimum Gasteiger partial charge on any atom is -0.272 e. The van der Waals surface area contributed by atoms with Crippen LogP contribution in [0.1, 0.15) is 54.4 Å². The summed E-state index contributed by atoms with van der Waals surface area (Å²) in [4.78, 5) is 12.9. The van der Waals surface area contributed by atoms with Crippen molar-refractivity contribution in [2.24, 2.45) is 5.10 Å². The largest absolute Gasteiger partial charge is 0.272 e. The van der Waals surface area contributed by atoms with E-state index in [2.05, 4.69) is 10.5 Å². The number of sulfonamides is 1. The van der Waals surface area contributed by atoms with Crippen LogP contribution in [0.25, 0.3) is 0 Å². The Kier molecular flexibility index (Phi) is 8.26. The lowest BCUT2D eigenvalue weighted by atomic mass is 9.95. The smallest absolute Gasteiger partial charge is 0.255 e. The number of nitrogens with one attached hydrogen (secondary N) is 1. The van der Waals surface area contributed by atoms with Crippen LogP contribution in [-0.4, -0.2) is 37.4 Å². The Balaban J connectivity index is 1.86. The standard InChI is InChI=1S/C24H29ClFN3O3S/c1-16-12-17(2)24(18(3)13-16)33(31,32)29(19-8-5-4-6-9-19)15-23(30)28-27-14-20-21(25)10-7-11-22(20)26/h7,10-14,19H,4-6,8-9,15H2,1-3H3,(H,28,30). The molecule has 1 fully saturated rings. The van der Waals surface area contributed by atoms with Crippen LogP contribution < -0.4 is 5.43 Å². The van der Waals surface area contributed by atoms with Gasteiger partial charge in [0.05, 0.1) is 22.7 Å². The number of rotatable bonds is 7. The van der Waals surface area contributed by atoms with E-state index in [1.807, 2.05) is 19.1 Å². The first-order chi connectivity index (χ1) is 15.6. The molecule has 0 saturated heterocycles. The second-order valence-electron chi connectivity index (χ2n) is 8.50. The van der Waals surface area contributed by atoms with E-state index in [-0.39, 0.29) is 28.1 Å². The first kappa shape index (κ1) is 25.3. The van der Waals surface area contributed by atoms with Gasteiger partial charge in [0.1, 0.15) is 5.82 Å². The number of amides is 1. The average Bonchev–Trinajstić information content (AvgIpc) is 2.73. The van der Waals surface area contributed by atoms with Crippen molar-refractivity contribution in [2.45, 2.75) is 63.8 Å². The molecule has 1 amide bonds. The van der Waals surface area contributed by atoms with Crippen LogP contribution in [-0.2, 0) is 14.8 Å². The predicted octanol–water partition coefficient (Wildman–Crippen LogP) is 4.88. The van der Waals surface area contributed by atoms with Gasteiger partial charge in [-0.1, -0.05) is 54.6 Å². The molecule has 0 aliphatic heterocycles. The summed E-state index contributed by atoms with van der Waals surface area (Å²) < 4.78 is 42.7. The van der Waals surface area contributed by atoms with Gasteiger partial charge in [-0.15, -0.1) is 0 Å². The molecule has 178 valence electrons. The summed E-state index contributed by atoms with van der Waals surface area (Å²) in [5.74, 6) is -1.17. The van der Waals surface area contributed by atoms with E-state index in [9.17, 15) is 17.6 Å². The molecule has 3 rings (SSSR count). The predicted molar refractivity (Wildman–Crippen MR) is 129 cm³/mol. The number of aryl methyl sites for hydroxylation is 3. The maximum atomic E-state index is 13.9. The Morgan fingerprint density at radius 1 is 1.18 bits per heavy atom. The molecule has 0 unspecified atom stereocenters. The summed E-state index contributed by atoms with van der Waals surface area (Å²) >= 11 is 5.97. The third-order valence-corrected chi connectivity index (χ3v) is 8.37. The summed E-state index contributed by atoms with van der Waals surface area (Å²) in [6.07, 6.45) is 5.38. The van der Waals surface area contributed by atoms with Crippen molar-refractivity contribution < 1.29 is 17.6 Å². The molecule has 1 aliphatic carbocycles. The van der Waals surface area contributed by atoms with Gasteiger partial charge in [-0.2, -0.15) is 9.41 Å². The Bertz CT molecular complexity index is 1120. The fourth-order valence-electron chi connectivity index (χ4n) is 4.45. The van der Waals surface area contributed by atoms with E-state index in [1.165, 1.54) is 22.5 Å². The van der Waals surface area contributed by atoms with E-state index in [0.717, 1.165) is 31.0 Å². The maximum absolute atomic E-state index is 13.9. The average molecular weight is 494 g/mol. The van der Waals surface area contributed by atoms with Crippen molar-refractivity contribution in [2.75, 3.05) is 6.54 Å². The first-order valence-corrected chi connectivity index (χ1v) is 12.8. The molecule has 2 aromatic rings. The minimum atomic E-state index is -3.92. The molecule has 33 heavy (non-hydrogen) atoms. The Labute approximate surface area is 199 Å². The molecule has 0 heterocycles. The van der Waals surface area contributed by atoms with E-state index in [4.69, 9.17) is 11.6 Å². The van der Waals surface area contributed by atoms with Crippen LogP contribution in [0.3, 0.4) is 0 Å². The fourth-order valence-corrected chi connectivity index (χ4v) is 6.72. The van der Waals surface area contributed by atoms with Gasteiger partial charge in [0.25, 0.3) is 5.91 Å². The number of hydrogen-bond acceptors (Lipinski definition) is 4. The molecule has 0 spiro atoms. The summed E-state index contributed by atoms with van der Waals surface area (Å²) in [5, 5.41) is 3.95. The molecular formula is C24H29ClFN3O3S. The monoisotopic (exact) mass is 493 g/mol. The zero-order valence-corrected chi connectivity index (χ0v) is 20.6. The number of hydrogen-bond donors (Lipinski definition) is 1. The first-order valence-electron chi connectivity index (χ1n) is 11.0. The van der Waals surface area contributed by atoms with Gasteiger partial charge in [-0.3, -0.25) is 4.79 Å². The van der Waals surface area contributed by atoms with Crippen LogP contribution in [0.15, 0.2) is 40.3 Å². The molecule has 0 atom stereocenters. The molecular weight excluding hydrogens is 465 g/mol. The van der Waals surface area contributed by atoms with E-state index in [1.54, 1.807) is 13.8 Å². The van der Waals surface area contributed by atoms with Crippen molar-refractivity contribution >= 4 is 33.7 Å². The zero-order chi connectivity index (χ0) is 24.2. The number of nitrogens with zero attached hydrogens (tertiary/aromatic N) is 2. The van der Waals surface area contributed by atoms with Gasteiger partial charge in [0.15, 0.2) is 0 Å². The number of halogens is 2.